The highest BCUT2D eigenvalue weighted by Gasteiger charge is 2.60. The van der Waals surface area contributed by atoms with Crippen LogP contribution in [0.25, 0.3) is 0 Å². The molecule has 1 heterocycles. The van der Waals surface area contributed by atoms with E-state index in [-0.39, 0.29) is 26.2 Å². The van der Waals surface area contributed by atoms with E-state index in [0.29, 0.717) is 0 Å². The monoisotopic (exact) mass is 272 g/mol. The Kier molecular flexibility index (Phi) is 4.94. The lowest BCUT2D eigenvalue weighted by Gasteiger charge is -2.28. The maximum Gasteiger partial charge on any atom is 0.428 e. The average molecular weight is 272 g/mol. The van der Waals surface area contributed by atoms with Gasteiger partial charge in [0.1, 0.15) is 0 Å². The maximum atomic E-state index is 12.7. The number of hydrogen-bond donors (Lipinski definition) is 1. The molecule has 106 valence electrons. The zero-order chi connectivity index (χ0) is 13.8. The number of halogens is 3. The molecule has 0 amide bonds. The fourth-order valence-electron chi connectivity index (χ4n) is 1.51. The molecule has 18 heavy (non-hydrogen) atoms. The third-order valence-corrected chi connectivity index (χ3v) is 2.51. The van der Waals surface area contributed by atoms with E-state index in [0.717, 1.165) is 0 Å². The van der Waals surface area contributed by atoms with Crippen molar-refractivity contribution in [2.45, 2.75) is 37.8 Å². The topological polar surface area (TPSA) is 65.0 Å². The summed E-state index contributed by atoms with van der Waals surface area (Å²) in [6, 6.07) is 0. The van der Waals surface area contributed by atoms with E-state index in [4.69, 9.17) is 9.47 Å². The molecule has 0 spiro atoms. The predicted molar refractivity (Wildman–Crippen MR) is 52.6 cm³/mol. The van der Waals surface area contributed by atoms with Gasteiger partial charge < -0.3 is 19.3 Å². The highest BCUT2D eigenvalue weighted by Crippen LogP contribution is 2.36. The number of carbonyl (C=O) groups excluding carboxylic acids is 1. The first-order valence-electron chi connectivity index (χ1n) is 5.51. The first-order valence-corrected chi connectivity index (χ1v) is 5.51. The van der Waals surface area contributed by atoms with Gasteiger partial charge in [0.05, 0.1) is 19.8 Å². The molecule has 0 radical (unpaired) electrons. The third-order valence-electron chi connectivity index (χ3n) is 2.51. The molecule has 1 saturated heterocycles. The van der Waals surface area contributed by atoms with Gasteiger partial charge in [-0.15, -0.1) is 0 Å². The molecular formula is C10H15F3O5. The normalized spacial score (nSPS) is 20.7. The first kappa shape index (κ1) is 15.2. The Hall–Kier alpha value is -0.860. The molecule has 0 aromatic heterocycles. The second kappa shape index (κ2) is 5.85. The highest BCUT2D eigenvalue weighted by molar-refractivity contribution is 5.80. The van der Waals surface area contributed by atoms with E-state index in [1.807, 2.05) is 0 Å². The number of hydrogen-bond acceptors (Lipinski definition) is 5. The van der Waals surface area contributed by atoms with Crippen molar-refractivity contribution in [3.05, 3.63) is 0 Å². The summed E-state index contributed by atoms with van der Waals surface area (Å²) in [5.74, 6) is -1.70. The van der Waals surface area contributed by atoms with Crippen molar-refractivity contribution in [1.82, 2.24) is 0 Å². The lowest BCUT2D eigenvalue weighted by Crippen LogP contribution is -2.53. The molecule has 1 rings (SSSR count). The van der Waals surface area contributed by atoms with Crippen LogP contribution in [0.2, 0.25) is 0 Å². The molecule has 0 aromatic carbocycles. The minimum Gasteiger partial charge on any atom is -0.464 e. The van der Waals surface area contributed by atoms with Gasteiger partial charge in [-0.05, 0) is 6.92 Å². The number of carbonyl (C=O) groups is 1. The van der Waals surface area contributed by atoms with Crippen LogP contribution in [0.4, 0.5) is 13.2 Å². The third kappa shape index (κ3) is 3.33. The van der Waals surface area contributed by atoms with Crippen LogP contribution in [0, 0.1) is 0 Å². The van der Waals surface area contributed by atoms with E-state index in [9.17, 15) is 23.1 Å². The summed E-state index contributed by atoms with van der Waals surface area (Å²) < 4.78 is 52.3. The first-order chi connectivity index (χ1) is 8.31. The molecule has 0 aromatic rings. The van der Waals surface area contributed by atoms with Gasteiger partial charge in [0.15, 0.2) is 6.29 Å². The minimum atomic E-state index is -5.10. The molecule has 5 nitrogen and oxygen atoms in total. The lowest BCUT2D eigenvalue weighted by molar-refractivity contribution is -0.267. The summed E-state index contributed by atoms with van der Waals surface area (Å²) in [4.78, 5) is 11.2. The Morgan fingerprint density at radius 1 is 1.39 bits per heavy atom. The average Bonchev–Trinajstić information content (AvgIpc) is 2.77. The number of alkyl halides is 3. The van der Waals surface area contributed by atoms with Gasteiger partial charge in [-0.1, -0.05) is 0 Å². The van der Waals surface area contributed by atoms with Crippen LogP contribution < -0.4 is 0 Å². The van der Waals surface area contributed by atoms with Crippen molar-refractivity contribution in [2.24, 2.45) is 0 Å². The highest BCUT2D eigenvalue weighted by atomic mass is 19.4. The van der Waals surface area contributed by atoms with Crippen LogP contribution in [0.15, 0.2) is 0 Å². The fraction of sp³-hybridized carbons (Fsp3) is 0.900. The molecule has 1 aliphatic rings. The molecule has 1 aliphatic heterocycles. The van der Waals surface area contributed by atoms with Gasteiger partial charge in [-0.2, -0.15) is 13.2 Å². The van der Waals surface area contributed by atoms with Gasteiger partial charge in [0.2, 0.25) is 0 Å². The van der Waals surface area contributed by atoms with Gasteiger partial charge in [0, 0.05) is 12.8 Å². The molecule has 0 unspecified atom stereocenters. The molecule has 0 saturated carbocycles. The van der Waals surface area contributed by atoms with Gasteiger partial charge in [-0.3, -0.25) is 0 Å². The summed E-state index contributed by atoms with van der Waals surface area (Å²) in [7, 11) is 0. The summed E-state index contributed by atoms with van der Waals surface area (Å²) in [5.41, 5.74) is -3.52. The Labute approximate surface area is 102 Å². The Morgan fingerprint density at radius 2 is 1.94 bits per heavy atom. The zero-order valence-electron chi connectivity index (χ0n) is 9.83. The van der Waals surface area contributed by atoms with Crippen molar-refractivity contribution in [3.8, 4) is 0 Å². The van der Waals surface area contributed by atoms with Crippen LogP contribution in [-0.2, 0) is 19.0 Å². The van der Waals surface area contributed by atoms with Crippen molar-refractivity contribution in [3.63, 3.8) is 0 Å². The van der Waals surface area contributed by atoms with E-state index in [1.54, 1.807) is 0 Å². The van der Waals surface area contributed by atoms with E-state index < -0.39 is 30.5 Å². The quantitative estimate of drug-likeness (QED) is 0.756. The summed E-state index contributed by atoms with van der Waals surface area (Å²) in [6.07, 6.45) is -7.03. The lowest BCUT2D eigenvalue weighted by atomic mass is 9.97. The van der Waals surface area contributed by atoms with Crippen molar-refractivity contribution in [1.29, 1.82) is 0 Å². The van der Waals surface area contributed by atoms with Crippen molar-refractivity contribution < 1.29 is 37.3 Å². The van der Waals surface area contributed by atoms with Crippen molar-refractivity contribution >= 4 is 5.97 Å². The van der Waals surface area contributed by atoms with Crippen LogP contribution in [0.3, 0.4) is 0 Å². The maximum absolute atomic E-state index is 12.7. The summed E-state index contributed by atoms with van der Waals surface area (Å²) >= 11 is 0. The zero-order valence-corrected chi connectivity index (χ0v) is 9.83. The van der Waals surface area contributed by atoms with Crippen LogP contribution in [0.1, 0.15) is 19.8 Å². The second-order valence-corrected chi connectivity index (χ2v) is 3.79. The number of rotatable bonds is 5. The van der Waals surface area contributed by atoms with Crippen LogP contribution in [-0.4, -0.2) is 49.0 Å². The molecule has 1 atom stereocenters. The molecule has 1 fully saturated rings. The Balaban J connectivity index is 2.68. The largest absolute Gasteiger partial charge is 0.464 e. The van der Waals surface area contributed by atoms with Crippen LogP contribution >= 0.6 is 0 Å². The number of esters is 1. The van der Waals surface area contributed by atoms with Gasteiger partial charge in [0.25, 0.3) is 5.60 Å². The standard InChI is InChI=1S/C10H15F3O5/c1-2-16-8(14)9(15,10(11,12)13)4-3-7-17-5-6-18-7/h7,15H,2-6H2,1H3/t9-/m1/s1. The SMILES string of the molecule is CCOC(=O)[C@](O)(CCC1OCCO1)C(F)(F)F. The Morgan fingerprint density at radius 3 is 2.39 bits per heavy atom. The second-order valence-electron chi connectivity index (χ2n) is 3.79. The number of ether oxygens (including phenoxy) is 3. The van der Waals surface area contributed by atoms with Gasteiger partial charge >= 0.3 is 12.1 Å². The van der Waals surface area contributed by atoms with E-state index in [2.05, 4.69) is 4.74 Å². The predicted octanol–water partition coefficient (Wildman–Crippen LogP) is 0.996. The molecule has 1 N–H and O–H groups in total. The summed E-state index contributed by atoms with van der Waals surface area (Å²) in [6.45, 7) is 1.69. The van der Waals surface area contributed by atoms with E-state index in [1.165, 1.54) is 6.92 Å². The van der Waals surface area contributed by atoms with Gasteiger partial charge in [-0.25, -0.2) is 4.79 Å². The van der Waals surface area contributed by atoms with E-state index >= 15 is 0 Å². The summed E-state index contributed by atoms with van der Waals surface area (Å²) in [5, 5.41) is 9.50. The number of aliphatic hydroxyl groups is 1. The minimum absolute atomic E-state index is 0.241. The molecule has 8 heteroatoms. The molecular weight excluding hydrogens is 257 g/mol. The fourth-order valence-corrected chi connectivity index (χ4v) is 1.51. The molecule has 0 aliphatic carbocycles. The Bertz CT molecular complexity index is 288. The van der Waals surface area contributed by atoms with Crippen LogP contribution in [0.5, 0.6) is 0 Å². The molecule has 0 bridgehead atoms. The smallest absolute Gasteiger partial charge is 0.428 e. The van der Waals surface area contributed by atoms with Crippen molar-refractivity contribution in [2.75, 3.05) is 19.8 Å².